The third kappa shape index (κ3) is 2.43. The number of likely N-dealkylation sites (tertiary alicyclic amines) is 1. The molecular formula is C19H14F2N2O4. The van der Waals surface area contributed by atoms with Crippen LogP contribution in [0.5, 0.6) is 11.5 Å². The number of hydrogen-bond donors (Lipinski definition) is 1. The van der Waals surface area contributed by atoms with Crippen molar-refractivity contribution in [2.75, 3.05) is 18.4 Å². The maximum absolute atomic E-state index is 13.1. The van der Waals surface area contributed by atoms with Gasteiger partial charge in [0.1, 0.15) is 0 Å². The Balaban J connectivity index is 1.33. The first-order valence-electron chi connectivity index (χ1n) is 8.44. The summed E-state index contributed by atoms with van der Waals surface area (Å²) in [6, 6.07) is 11.5. The van der Waals surface area contributed by atoms with Crippen molar-refractivity contribution in [3.8, 4) is 11.5 Å². The van der Waals surface area contributed by atoms with Crippen LogP contribution < -0.4 is 14.8 Å². The SMILES string of the molecule is O=C(c1ccc2c(c1)OC(F)(F)O2)N1CC2(Cc3ccccc3NC2=O)C1. The highest BCUT2D eigenvalue weighted by Crippen LogP contribution is 2.43. The molecule has 3 heterocycles. The van der Waals surface area contributed by atoms with E-state index in [0.29, 0.717) is 6.42 Å². The van der Waals surface area contributed by atoms with Gasteiger partial charge in [-0.15, -0.1) is 8.78 Å². The summed E-state index contributed by atoms with van der Waals surface area (Å²) in [5.41, 5.74) is 1.40. The van der Waals surface area contributed by atoms with Crippen LogP contribution in [0.3, 0.4) is 0 Å². The number of carbonyl (C=O) groups is 2. The van der Waals surface area contributed by atoms with Crippen LogP contribution in [0.25, 0.3) is 0 Å². The minimum atomic E-state index is -3.72. The van der Waals surface area contributed by atoms with Crippen LogP contribution in [0.2, 0.25) is 0 Å². The molecule has 0 radical (unpaired) electrons. The molecule has 5 rings (SSSR count). The van der Waals surface area contributed by atoms with Gasteiger partial charge >= 0.3 is 6.29 Å². The molecule has 1 spiro atoms. The van der Waals surface area contributed by atoms with E-state index in [1.54, 1.807) is 0 Å². The molecule has 0 bridgehead atoms. The quantitative estimate of drug-likeness (QED) is 0.836. The second kappa shape index (κ2) is 5.18. The molecule has 2 aromatic carbocycles. The van der Waals surface area contributed by atoms with Crippen molar-refractivity contribution in [1.29, 1.82) is 0 Å². The van der Waals surface area contributed by atoms with Crippen molar-refractivity contribution in [3.05, 3.63) is 53.6 Å². The molecule has 0 aromatic heterocycles. The molecule has 3 aliphatic rings. The lowest BCUT2D eigenvalue weighted by molar-refractivity contribution is -0.286. The molecule has 0 saturated carbocycles. The lowest BCUT2D eigenvalue weighted by Crippen LogP contribution is -2.65. The number of carbonyl (C=O) groups excluding carboxylic acids is 2. The van der Waals surface area contributed by atoms with Crippen molar-refractivity contribution in [1.82, 2.24) is 4.90 Å². The third-order valence-electron chi connectivity index (χ3n) is 5.20. The van der Waals surface area contributed by atoms with Gasteiger partial charge in [0.25, 0.3) is 5.91 Å². The van der Waals surface area contributed by atoms with Crippen LogP contribution in [0.1, 0.15) is 15.9 Å². The molecule has 1 fully saturated rings. The molecule has 1 saturated heterocycles. The smallest absolute Gasteiger partial charge is 0.395 e. The van der Waals surface area contributed by atoms with Crippen LogP contribution in [0.4, 0.5) is 14.5 Å². The highest BCUT2D eigenvalue weighted by molar-refractivity contribution is 6.02. The van der Waals surface area contributed by atoms with Crippen LogP contribution >= 0.6 is 0 Å². The molecule has 3 aliphatic heterocycles. The summed E-state index contributed by atoms with van der Waals surface area (Å²) in [5.74, 6) is -0.727. The Kier molecular flexibility index (Phi) is 3.08. The minimum absolute atomic E-state index is 0.101. The summed E-state index contributed by atoms with van der Waals surface area (Å²) in [4.78, 5) is 26.7. The van der Waals surface area contributed by atoms with Gasteiger partial charge in [-0.25, -0.2) is 0 Å². The number of fused-ring (bicyclic) bond motifs is 2. The summed E-state index contributed by atoms with van der Waals surface area (Å²) in [6.45, 7) is 0.549. The molecule has 138 valence electrons. The second-order valence-corrected chi connectivity index (χ2v) is 7.06. The summed E-state index contributed by atoms with van der Waals surface area (Å²) >= 11 is 0. The Bertz CT molecular complexity index is 985. The number of para-hydroxylation sites is 1. The van der Waals surface area contributed by atoms with Crippen molar-refractivity contribution in [2.45, 2.75) is 12.7 Å². The molecule has 2 aromatic rings. The Morgan fingerprint density at radius 3 is 2.63 bits per heavy atom. The number of ether oxygens (including phenoxy) is 2. The molecule has 27 heavy (non-hydrogen) atoms. The Morgan fingerprint density at radius 1 is 1.07 bits per heavy atom. The van der Waals surface area contributed by atoms with Gasteiger partial charge in [0.2, 0.25) is 5.91 Å². The number of amides is 2. The van der Waals surface area contributed by atoms with Gasteiger partial charge in [-0.1, -0.05) is 18.2 Å². The van der Waals surface area contributed by atoms with E-state index < -0.39 is 11.7 Å². The number of alkyl halides is 2. The van der Waals surface area contributed by atoms with Crippen molar-refractivity contribution < 1.29 is 27.8 Å². The zero-order chi connectivity index (χ0) is 18.8. The highest BCUT2D eigenvalue weighted by atomic mass is 19.3. The van der Waals surface area contributed by atoms with Crippen LogP contribution in [-0.4, -0.2) is 36.1 Å². The summed E-state index contributed by atoms with van der Waals surface area (Å²) in [5, 5.41) is 2.90. The van der Waals surface area contributed by atoms with E-state index in [2.05, 4.69) is 14.8 Å². The minimum Gasteiger partial charge on any atom is -0.395 e. The molecule has 0 unspecified atom stereocenters. The van der Waals surface area contributed by atoms with Crippen molar-refractivity contribution in [3.63, 3.8) is 0 Å². The van der Waals surface area contributed by atoms with Gasteiger partial charge in [-0.3, -0.25) is 9.59 Å². The van der Waals surface area contributed by atoms with E-state index in [0.717, 1.165) is 11.3 Å². The fourth-order valence-corrected chi connectivity index (χ4v) is 3.84. The predicted octanol–water partition coefficient (Wildman–Crippen LogP) is 2.65. The Labute approximate surface area is 152 Å². The lowest BCUT2D eigenvalue weighted by atomic mass is 9.71. The van der Waals surface area contributed by atoms with Crippen LogP contribution in [0, 0.1) is 5.41 Å². The highest BCUT2D eigenvalue weighted by Gasteiger charge is 2.53. The summed E-state index contributed by atoms with van der Waals surface area (Å²) < 4.78 is 35.0. The fraction of sp³-hybridized carbons (Fsp3) is 0.263. The van der Waals surface area contributed by atoms with E-state index in [4.69, 9.17) is 0 Å². The van der Waals surface area contributed by atoms with E-state index >= 15 is 0 Å². The number of benzene rings is 2. The largest absolute Gasteiger partial charge is 0.586 e. The first-order valence-corrected chi connectivity index (χ1v) is 8.44. The Hall–Kier alpha value is -3.16. The predicted molar refractivity (Wildman–Crippen MR) is 89.8 cm³/mol. The normalized spacial score (nSPS) is 20.7. The van der Waals surface area contributed by atoms with Gasteiger partial charge in [0, 0.05) is 24.3 Å². The molecule has 8 heteroatoms. The number of nitrogens with zero attached hydrogens (tertiary/aromatic N) is 1. The molecule has 0 atom stereocenters. The van der Waals surface area contributed by atoms with Gasteiger partial charge in [-0.2, -0.15) is 0 Å². The molecule has 2 amide bonds. The average Bonchev–Trinajstić information content (AvgIpc) is 2.91. The van der Waals surface area contributed by atoms with E-state index in [9.17, 15) is 18.4 Å². The number of anilines is 1. The monoisotopic (exact) mass is 372 g/mol. The van der Waals surface area contributed by atoms with Crippen LogP contribution in [0.15, 0.2) is 42.5 Å². The van der Waals surface area contributed by atoms with Crippen molar-refractivity contribution >= 4 is 17.5 Å². The topological polar surface area (TPSA) is 67.9 Å². The maximum atomic E-state index is 13.1. The lowest BCUT2D eigenvalue weighted by Gasteiger charge is -2.50. The second-order valence-electron chi connectivity index (χ2n) is 7.06. The zero-order valence-corrected chi connectivity index (χ0v) is 14.0. The van der Waals surface area contributed by atoms with E-state index in [1.807, 2.05) is 24.3 Å². The standard InChI is InChI=1S/C19H14F2N2O4/c20-19(21)26-14-6-5-11(7-15(14)27-19)16(24)23-9-18(10-23)8-12-3-1-2-4-13(12)22-17(18)25/h1-7H,8-10H2,(H,22,25). The van der Waals surface area contributed by atoms with Gasteiger partial charge in [-0.05, 0) is 36.2 Å². The van der Waals surface area contributed by atoms with E-state index in [1.165, 1.54) is 23.1 Å². The maximum Gasteiger partial charge on any atom is 0.586 e. The number of nitrogens with one attached hydrogen (secondary N) is 1. The number of hydrogen-bond acceptors (Lipinski definition) is 4. The average molecular weight is 372 g/mol. The van der Waals surface area contributed by atoms with Gasteiger partial charge in [0.15, 0.2) is 11.5 Å². The third-order valence-corrected chi connectivity index (χ3v) is 5.20. The summed E-state index contributed by atoms with van der Waals surface area (Å²) in [7, 11) is 0. The number of rotatable bonds is 1. The molecule has 0 aliphatic carbocycles. The molecule has 1 N–H and O–H groups in total. The van der Waals surface area contributed by atoms with Gasteiger partial charge in [0.05, 0.1) is 5.41 Å². The van der Waals surface area contributed by atoms with Crippen molar-refractivity contribution in [2.24, 2.45) is 5.41 Å². The molecular weight excluding hydrogens is 358 g/mol. The molecule has 6 nitrogen and oxygen atoms in total. The van der Waals surface area contributed by atoms with Crippen LogP contribution in [-0.2, 0) is 11.2 Å². The number of halogens is 2. The first kappa shape index (κ1) is 16.0. The summed E-state index contributed by atoms with van der Waals surface area (Å²) in [6.07, 6.45) is -3.16. The van der Waals surface area contributed by atoms with E-state index in [-0.39, 0.29) is 42.0 Å². The first-order chi connectivity index (χ1) is 12.9. The fourth-order valence-electron chi connectivity index (χ4n) is 3.84. The zero-order valence-electron chi connectivity index (χ0n) is 14.0. The van der Waals surface area contributed by atoms with Gasteiger partial charge < -0.3 is 19.7 Å². The Morgan fingerprint density at radius 2 is 1.81 bits per heavy atom.